The van der Waals surface area contributed by atoms with Gasteiger partial charge in [0.25, 0.3) is 11.8 Å². The zero-order valence-corrected chi connectivity index (χ0v) is 17.3. The van der Waals surface area contributed by atoms with Crippen molar-refractivity contribution in [2.75, 3.05) is 13.3 Å². The first kappa shape index (κ1) is 19.4. The lowest BCUT2D eigenvalue weighted by molar-refractivity contribution is 0.0683. The fourth-order valence-corrected chi connectivity index (χ4v) is 3.76. The number of ether oxygens (including phenoxy) is 2. The van der Waals surface area contributed by atoms with Crippen LogP contribution in [0.15, 0.2) is 48.5 Å². The number of hydrogen-bond acceptors (Lipinski definition) is 5. The van der Waals surface area contributed by atoms with Crippen LogP contribution in [-0.2, 0) is 19.6 Å². The van der Waals surface area contributed by atoms with Gasteiger partial charge in [-0.25, -0.2) is 0 Å². The molecule has 5 rings (SSSR count). The minimum absolute atomic E-state index is 0.150. The van der Waals surface area contributed by atoms with E-state index in [1.54, 1.807) is 27.8 Å². The quantitative estimate of drug-likeness (QED) is 0.662. The first-order valence-electron chi connectivity index (χ1n) is 9.85. The first-order chi connectivity index (χ1) is 15.1. The summed E-state index contributed by atoms with van der Waals surface area (Å²) >= 11 is 5.93. The molecule has 1 N–H and O–H groups in total. The number of carbonyl (C=O) groups is 2. The van der Waals surface area contributed by atoms with Crippen molar-refractivity contribution in [2.24, 2.45) is 0 Å². The van der Waals surface area contributed by atoms with E-state index in [9.17, 15) is 9.59 Å². The Hall–Kier alpha value is -3.52. The molecular formula is C22H19ClN4O4. The zero-order valence-electron chi connectivity index (χ0n) is 16.5. The van der Waals surface area contributed by atoms with Gasteiger partial charge in [0.05, 0.1) is 6.54 Å². The van der Waals surface area contributed by atoms with E-state index in [1.165, 1.54) is 0 Å². The van der Waals surface area contributed by atoms with Gasteiger partial charge in [-0.3, -0.25) is 14.3 Å². The van der Waals surface area contributed by atoms with Crippen molar-refractivity contribution in [1.82, 2.24) is 20.0 Å². The number of nitrogens with zero attached hydrogens (tertiary/aromatic N) is 3. The Labute approximate surface area is 183 Å². The second-order valence-corrected chi connectivity index (χ2v) is 7.80. The first-order valence-corrected chi connectivity index (χ1v) is 10.2. The standard InChI is InChI=1S/C22H19ClN4O4/c23-16-4-1-14(2-5-16)12-26-7-8-27-18(22(26)29)10-17(25-27)21(28)24-11-15-3-6-19-20(9-15)31-13-30-19/h1-6,9-10H,7-8,11-13H2,(H,24,28). The molecule has 8 nitrogen and oxygen atoms in total. The van der Waals surface area contributed by atoms with Crippen LogP contribution in [0.25, 0.3) is 0 Å². The summed E-state index contributed by atoms with van der Waals surface area (Å²) in [6.45, 7) is 2.05. The van der Waals surface area contributed by atoms with E-state index in [0.29, 0.717) is 48.4 Å². The highest BCUT2D eigenvalue weighted by molar-refractivity contribution is 6.30. The molecule has 0 aliphatic carbocycles. The Balaban J connectivity index is 1.25. The Bertz CT molecular complexity index is 1160. The highest BCUT2D eigenvalue weighted by atomic mass is 35.5. The van der Waals surface area contributed by atoms with Gasteiger partial charge in [-0.1, -0.05) is 29.8 Å². The number of aromatic nitrogens is 2. The molecule has 9 heteroatoms. The highest BCUT2D eigenvalue weighted by Gasteiger charge is 2.28. The molecule has 158 valence electrons. The summed E-state index contributed by atoms with van der Waals surface area (Å²) < 4.78 is 12.2. The maximum atomic E-state index is 12.9. The maximum absolute atomic E-state index is 12.9. The lowest BCUT2D eigenvalue weighted by Gasteiger charge is -2.27. The van der Waals surface area contributed by atoms with Crippen molar-refractivity contribution in [3.63, 3.8) is 0 Å². The third-order valence-electron chi connectivity index (χ3n) is 5.28. The molecule has 0 atom stereocenters. The maximum Gasteiger partial charge on any atom is 0.272 e. The normalized spacial score (nSPS) is 14.5. The van der Waals surface area contributed by atoms with Crippen molar-refractivity contribution in [2.45, 2.75) is 19.6 Å². The topological polar surface area (TPSA) is 85.7 Å². The summed E-state index contributed by atoms with van der Waals surface area (Å²) in [5.74, 6) is 0.870. The van der Waals surface area contributed by atoms with Gasteiger partial charge in [0.1, 0.15) is 5.69 Å². The number of amides is 2. The predicted molar refractivity (Wildman–Crippen MR) is 112 cm³/mol. The lowest BCUT2D eigenvalue weighted by atomic mass is 10.2. The molecule has 0 fully saturated rings. The summed E-state index contributed by atoms with van der Waals surface area (Å²) in [5, 5.41) is 7.81. The number of halogens is 1. The highest BCUT2D eigenvalue weighted by Crippen LogP contribution is 2.32. The summed E-state index contributed by atoms with van der Waals surface area (Å²) in [6.07, 6.45) is 0. The third kappa shape index (κ3) is 3.94. The SMILES string of the molecule is O=C(NCc1ccc2c(c1)OCO2)c1cc2n(n1)CCN(Cc1ccc(Cl)cc1)C2=O. The van der Waals surface area contributed by atoms with Crippen LogP contribution in [0.3, 0.4) is 0 Å². The smallest absolute Gasteiger partial charge is 0.272 e. The van der Waals surface area contributed by atoms with E-state index in [0.717, 1.165) is 11.1 Å². The molecule has 3 heterocycles. The second kappa shape index (κ2) is 7.96. The molecular weight excluding hydrogens is 420 g/mol. The largest absolute Gasteiger partial charge is 0.454 e. The minimum atomic E-state index is -0.336. The van der Waals surface area contributed by atoms with Gasteiger partial charge in [0.15, 0.2) is 17.2 Å². The molecule has 3 aromatic rings. The second-order valence-electron chi connectivity index (χ2n) is 7.36. The number of benzene rings is 2. The number of fused-ring (bicyclic) bond motifs is 2. The summed E-state index contributed by atoms with van der Waals surface area (Å²) in [7, 11) is 0. The Kier molecular flexibility index (Phi) is 4.99. The van der Waals surface area contributed by atoms with E-state index >= 15 is 0 Å². The molecule has 2 aliphatic heterocycles. The van der Waals surface area contributed by atoms with Crippen LogP contribution in [0.2, 0.25) is 5.02 Å². The summed E-state index contributed by atoms with van der Waals surface area (Å²) in [6, 6.07) is 14.5. The van der Waals surface area contributed by atoms with Crippen molar-refractivity contribution >= 4 is 23.4 Å². The predicted octanol–water partition coefficient (Wildman–Crippen LogP) is 2.85. The zero-order chi connectivity index (χ0) is 21.4. The summed E-state index contributed by atoms with van der Waals surface area (Å²) in [5.41, 5.74) is 2.50. The van der Waals surface area contributed by atoms with Crippen LogP contribution in [0.4, 0.5) is 0 Å². The molecule has 0 radical (unpaired) electrons. The van der Waals surface area contributed by atoms with Gasteiger partial charge < -0.3 is 19.7 Å². The third-order valence-corrected chi connectivity index (χ3v) is 5.53. The van der Waals surface area contributed by atoms with E-state index in [4.69, 9.17) is 21.1 Å². The van der Waals surface area contributed by atoms with Crippen LogP contribution < -0.4 is 14.8 Å². The van der Waals surface area contributed by atoms with Crippen molar-refractivity contribution in [1.29, 1.82) is 0 Å². The number of rotatable bonds is 5. The number of carbonyl (C=O) groups excluding carboxylic acids is 2. The van der Waals surface area contributed by atoms with Gasteiger partial charge in [-0.05, 0) is 35.4 Å². The van der Waals surface area contributed by atoms with Crippen LogP contribution in [0.1, 0.15) is 32.1 Å². The lowest BCUT2D eigenvalue weighted by Crippen LogP contribution is -2.39. The van der Waals surface area contributed by atoms with Gasteiger partial charge in [-0.15, -0.1) is 0 Å². The van der Waals surface area contributed by atoms with Crippen LogP contribution in [0, 0.1) is 0 Å². The molecule has 0 unspecified atom stereocenters. The molecule has 1 aromatic heterocycles. The number of nitrogens with one attached hydrogen (secondary N) is 1. The molecule has 0 saturated heterocycles. The van der Waals surface area contributed by atoms with E-state index < -0.39 is 0 Å². The monoisotopic (exact) mass is 438 g/mol. The van der Waals surface area contributed by atoms with Gasteiger partial charge in [-0.2, -0.15) is 5.10 Å². The number of hydrogen-bond donors (Lipinski definition) is 1. The average molecular weight is 439 g/mol. The van der Waals surface area contributed by atoms with Gasteiger partial charge in [0.2, 0.25) is 6.79 Å². The Morgan fingerprint density at radius 3 is 2.65 bits per heavy atom. The van der Waals surface area contributed by atoms with Crippen molar-refractivity contribution < 1.29 is 19.1 Å². The van der Waals surface area contributed by atoms with Gasteiger partial charge >= 0.3 is 0 Å². The van der Waals surface area contributed by atoms with E-state index in [2.05, 4.69) is 10.4 Å². The molecule has 31 heavy (non-hydrogen) atoms. The average Bonchev–Trinajstić information content (AvgIpc) is 3.42. The molecule has 0 saturated carbocycles. The Morgan fingerprint density at radius 2 is 1.81 bits per heavy atom. The minimum Gasteiger partial charge on any atom is -0.454 e. The molecule has 2 amide bonds. The molecule has 2 aromatic carbocycles. The molecule has 2 aliphatic rings. The van der Waals surface area contributed by atoms with E-state index in [-0.39, 0.29) is 24.3 Å². The Morgan fingerprint density at radius 1 is 1.03 bits per heavy atom. The van der Waals surface area contributed by atoms with Crippen LogP contribution in [0.5, 0.6) is 11.5 Å². The van der Waals surface area contributed by atoms with Crippen molar-refractivity contribution in [3.05, 3.63) is 76.1 Å². The van der Waals surface area contributed by atoms with Crippen LogP contribution >= 0.6 is 11.6 Å². The molecule has 0 spiro atoms. The van der Waals surface area contributed by atoms with Crippen LogP contribution in [-0.4, -0.2) is 39.8 Å². The van der Waals surface area contributed by atoms with Crippen molar-refractivity contribution in [3.8, 4) is 11.5 Å². The fraction of sp³-hybridized carbons (Fsp3) is 0.227. The fourth-order valence-electron chi connectivity index (χ4n) is 3.63. The summed E-state index contributed by atoms with van der Waals surface area (Å²) in [4.78, 5) is 27.2. The van der Waals surface area contributed by atoms with Gasteiger partial charge in [0, 0.05) is 30.7 Å². The van der Waals surface area contributed by atoms with E-state index in [1.807, 2.05) is 30.3 Å². The molecule has 0 bridgehead atoms.